The number of nitrogens with zero attached hydrogens (tertiary/aromatic N) is 3. The normalized spacial score (nSPS) is 12.5. The molecule has 0 saturated heterocycles. The van der Waals surface area contributed by atoms with E-state index < -0.39 is 11.8 Å². The molecule has 2 aromatic heterocycles. The minimum absolute atomic E-state index is 0.0275. The molecule has 1 N–H and O–H groups in total. The molecule has 0 spiro atoms. The molecule has 0 saturated carbocycles. The van der Waals surface area contributed by atoms with Crippen molar-refractivity contribution in [2.75, 3.05) is 0 Å². The molecule has 4 heteroatoms. The van der Waals surface area contributed by atoms with Crippen molar-refractivity contribution in [2.24, 2.45) is 0 Å². The monoisotopic (exact) mass is 899 g/mol. The number of imidazole rings is 1. The molecule has 10 rings (SSSR count). The summed E-state index contributed by atoms with van der Waals surface area (Å²) in [4.78, 5) is 10.6. The topological polar surface area (TPSA) is 50.9 Å². The first-order chi connectivity index (χ1) is 33.9. The zero-order chi connectivity index (χ0) is 49.8. The standard InChI is InChI=1S/C65H59N3O/c1-41(2)49-37-55(42(3)4)63(69)58(38-49)64-67-62-54(51-34-50(45-21-14-10-15-22-45)35-52(36-51)59-39-48(31-32-66-59)44-19-12-9-13-20-44)25-18-26-60(62)68(64)61-40-56(46-23-16-11-17-24-46)43(5)33-57(61)47-27-29-53(30-28-47)65(6,7)8/h9-42,69H,1-8H3/i41D,42D. The van der Waals surface area contributed by atoms with Crippen molar-refractivity contribution in [3.8, 4) is 89.7 Å². The minimum atomic E-state index is -1.19. The number of benzene rings is 8. The first-order valence-corrected chi connectivity index (χ1v) is 23.9. The number of pyridine rings is 1. The third kappa shape index (κ3) is 8.80. The van der Waals surface area contributed by atoms with E-state index in [-0.39, 0.29) is 11.2 Å². The average molecular weight is 900 g/mol. The van der Waals surface area contributed by atoms with Crippen LogP contribution in [0.4, 0.5) is 0 Å². The fourth-order valence-electron chi connectivity index (χ4n) is 9.55. The number of hydrogen-bond donors (Lipinski definition) is 1. The Morgan fingerprint density at radius 1 is 0.507 bits per heavy atom. The average Bonchev–Trinajstić information content (AvgIpc) is 3.75. The van der Waals surface area contributed by atoms with Crippen LogP contribution in [0.2, 0.25) is 0 Å². The third-order valence-electron chi connectivity index (χ3n) is 13.4. The first-order valence-electron chi connectivity index (χ1n) is 24.9. The molecule has 340 valence electrons. The number of para-hydroxylation sites is 1. The van der Waals surface area contributed by atoms with Crippen LogP contribution < -0.4 is 0 Å². The highest BCUT2D eigenvalue weighted by atomic mass is 16.3. The van der Waals surface area contributed by atoms with Gasteiger partial charge in [-0.2, -0.15) is 0 Å². The van der Waals surface area contributed by atoms with E-state index in [0.717, 1.165) is 89.2 Å². The van der Waals surface area contributed by atoms with Crippen LogP contribution in [0.5, 0.6) is 5.75 Å². The lowest BCUT2D eigenvalue weighted by molar-refractivity contribution is 0.466. The van der Waals surface area contributed by atoms with E-state index in [1.807, 2.05) is 50.4 Å². The lowest BCUT2D eigenvalue weighted by Crippen LogP contribution is -2.10. The first kappa shape index (κ1) is 42.5. The molecule has 2 heterocycles. The highest BCUT2D eigenvalue weighted by molar-refractivity contribution is 5.99. The molecule has 10 aromatic rings. The second-order valence-corrected chi connectivity index (χ2v) is 19.7. The smallest absolute Gasteiger partial charge is 0.149 e. The Bertz CT molecular complexity index is 3580. The molecule has 0 bridgehead atoms. The molecule has 0 unspecified atom stereocenters. The van der Waals surface area contributed by atoms with E-state index >= 15 is 0 Å². The number of aromatic hydroxyl groups is 1. The zero-order valence-corrected chi connectivity index (χ0v) is 40.8. The lowest BCUT2D eigenvalue weighted by atomic mass is 9.85. The molecular formula is C65H59N3O. The number of rotatable bonds is 10. The number of aromatic nitrogens is 3. The van der Waals surface area contributed by atoms with E-state index in [9.17, 15) is 7.85 Å². The van der Waals surface area contributed by atoms with Crippen LogP contribution >= 0.6 is 0 Å². The zero-order valence-electron chi connectivity index (χ0n) is 42.8. The summed E-state index contributed by atoms with van der Waals surface area (Å²) in [5.74, 6) is -1.75. The van der Waals surface area contributed by atoms with Crippen LogP contribution in [0.25, 0.3) is 95.0 Å². The van der Waals surface area contributed by atoms with Crippen molar-refractivity contribution in [3.63, 3.8) is 0 Å². The van der Waals surface area contributed by atoms with Crippen molar-refractivity contribution in [1.29, 1.82) is 0 Å². The second kappa shape index (κ2) is 18.3. The van der Waals surface area contributed by atoms with Gasteiger partial charge >= 0.3 is 0 Å². The number of hydrogen-bond acceptors (Lipinski definition) is 3. The summed E-state index contributed by atoms with van der Waals surface area (Å²) in [6.07, 6.45) is 1.88. The molecular weight excluding hydrogens is 839 g/mol. The van der Waals surface area contributed by atoms with Gasteiger partial charge in [-0.3, -0.25) is 9.55 Å². The second-order valence-electron chi connectivity index (χ2n) is 19.7. The predicted octanol–water partition coefficient (Wildman–Crippen LogP) is 17.6. The molecule has 0 aliphatic heterocycles. The molecule has 0 aliphatic rings. The van der Waals surface area contributed by atoms with Gasteiger partial charge in [-0.05, 0) is 145 Å². The van der Waals surface area contributed by atoms with E-state index in [2.05, 4.69) is 190 Å². The Kier molecular flexibility index (Phi) is 11.3. The van der Waals surface area contributed by atoms with E-state index in [4.69, 9.17) is 9.97 Å². The van der Waals surface area contributed by atoms with Crippen molar-refractivity contribution in [2.45, 2.75) is 72.6 Å². The van der Waals surface area contributed by atoms with Gasteiger partial charge < -0.3 is 5.11 Å². The van der Waals surface area contributed by atoms with Gasteiger partial charge in [0.25, 0.3) is 0 Å². The number of aryl methyl sites for hydroxylation is 1. The Labute approximate surface area is 410 Å². The van der Waals surface area contributed by atoms with E-state index in [1.54, 1.807) is 13.8 Å². The fraction of sp³-hybridized carbons (Fsp3) is 0.169. The van der Waals surface area contributed by atoms with Gasteiger partial charge in [-0.15, -0.1) is 0 Å². The largest absolute Gasteiger partial charge is 0.507 e. The van der Waals surface area contributed by atoms with E-state index in [1.165, 1.54) is 5.56 Å². The van der Waals surface area contributed by atoms with Gasteiger partial charge in [-0.25, -0.2) is 4.98 Å². The lowest BCUT2D eigenvalue weighted by Gasteiger charge is -2.22. The molecule has 0 amide bonds. The molecule has 0 radical (unpaired) electrons. The summed E-state index contributed by atoms with van der Waals surface area (Å²) in [5.41, 5.74) is 18.6. The van der Waals surface area contributed by atoms with Crippen LogP contribution in [0.15, 0.2) is 194 Å². The minimum Gasteiger partial charge on any atom is -0.507 e. The highest BCUT2D eigenvalue weighted by Gasteiger charge is 2.26. The fourth-order valence-corrected chi connectivity index (χ4v) is 9.55. The summed E-state index contributed by atoms with van der Waals surface area (Å²) in [5, 5.41) is 12.6. The van der Waals surface area contributed by atoms with Gasteiger partial charge in [0.15, 0.2) is 0 Å². The molecule has 0 aliphatic carbocycles. The van der Waals surface area contributed by atoms with Gasteiger partial charge in [0, 0.05) is 25.6 Å². The Morgan fingerprint density at radius 3 is 1.75 bits per heavy atom. The van der Waals surface area contributed by atoms with Crippen LogP contribution in [0, 0.1) is 6.92 Å². The molecule has 69 heavy (non-hydrogen) atoms. The summed E-state index contributed by atoms with van der Waals surface area (Å²) in [7, 11) is 0. The molecule has 4 nitrogen and oxygen atoms in total. The summed E-state index contributed by atoms with van der Waals surface area (Å²) >= 11 is 0. The SMILES string of the molecule is [2H]C(C)(C)c1cc(-c2nc3c(-c4cc(-c5ccccc5)cc(-c5cc(-c6ccccc6)ccn5)c4)cccc3n2-c2cc(-c3ccccc3)c(C)cc2-c2ccc(C(C)(C)C)cc2)c(O)c(C([2H])(C)C)c1. The quantitative estimate of drug-likeness (QED) is 0.149. The van der Waals surface area contributed by atoms with Crippen LogP contribution in [-0.2, 0) is 5.41 Å². The van der Waals surface area contributed by atoms with Crippen LogP contribution in [0.1, 0.15) is 85.2 Å². The Morgan fingerprint density at radius 2 is 1.12 bits per heavy atom. The summed E-state index contributed by atoms with van der Waals surface area (Å²) in [6.45, 7) is 16.1. The summed E-state index contributed by atoms with van der Waals surface area (Å²) in [6, 6.07) is 65.6. The van der Waals surface area contributed by atoms with Gasteiger partial charge in [0.2, 0.25) is 0 Å². The highest BCUT2D eigenvalue weighted by Crippen LogP contribution is 2.46. The Balaban J connectivity index is 1.31. The number of phenolic OH excluding ortho intramolecular Hbond substituents is 1. The molecule has 0 atom stereocenters. The van der Waals surface area contributed by atoms with Crippen LogP contribution in [-0.4, -0.2) is 19.6 Å². The van der Waals surface area contributed by atoms with Crippen molar-refractivity contribution in [3.05, 3.63) is 217 Å². The van der Waals surface area contributed by atoms with Crippen molar-refractivity contribution in [1.82, 2.24) is 14.5 Å². The maximum atomic E-state index is 12.6. The Hall–Kier alpha value is -7.82. The predicted molar refractivity (Wildman–Crippen MR) is 290 cm³/mol. The van der Waals surface area contributed by atoms with Crippen molar-refractivity contribution < 1.29 is 7.85 Å². The summed E-state index contributed by atoms with van der Waals surface area (Å²) < 4.78 is 20.8. The maximum absolute atomic E-state index is 12.6. The third-order valence-corrected chi connectivity index (χ3v) is 13.4. The molecule has 8 aromatic carbocycles. The van der Waals surface area contributed by atoms with Gasteiger partial charge in [-0.1, -0.05) is 182 Å². The van der Waals surface area contributed by atoms with Gasteiger partial charge in [0.1, 0.15) is 11.6 Å². The maximum Gasteiger partial charge on any atom is 0.149 e. The number of phenols is 1. The van der Waals surface area contributed by atoms with E-state index in [0.29, 0.717) is 22.5 Å². The molecule has 0 fully saturated rings. The van der Waals surface area contributed by atoms with Crippen molar-refractivity contribution >= 4 is 11.0 Å². The number of fused-ring (bicyclic) bond motifs is 1. The van der Waals surface area contributed by atoms with Gasteiger partial charge in [0.05, 0.1) is 28.0 Å². The van der Waals surface area contributed by atoms with Crippen LogP contribution in [0.3, 0.4) is 0 Å².